The minimum atomic E-state index is -4.10. The zero-order chi connectivity index (χ0) is 15.3. The van der Waals surface area contributed by atoms with Crippen molar-refractivity contribution < 1.29 is 17.4 Å². The second-order valence-corrected chi connectivity index (χ2v) is 6.31. The fourth-order valence-electron chi connectivity index (χ4n) is 1.59. The number of benzene rings is 1. The fourth-order valence-corrected chi connectivity index (χ4v) is 2.48. The van der Waals surface area contributed by atoms with Crippen LogP contribution < -0.4 is 5.73 Å². The Kier molecular flexibility index (Phi) is 5.71. The van der Waals surface area contributed by atoms with Gasteiger partial charge >= 0.3 is 16.1 Å². The summed E-state index contributed by atoms with van der Waals surface area (Å²) in [6.07, 6.45) is 1.47. The lowest BCUT2D eigenvalue weighted by molar-refractivity contribution is -0.136. The normalized spacial score (nSPS) is 14.6. The first-order valence-corrected chi connectivity index (χ1v) is 8.05. The van der Waals surface area contributed by atoms with Gasteiger partial charge < -0.3 is 9.92 Å². The van der Waals surface area contributed by atoms with Gasteiger partial charge in [-0.2, -0.15) is 8.42 Å². The average molecular weight is 299 g/mol. The van der Waals surface area contributed by atoms with E-state index >= 15 is 0 Å². The standard InChI is InChI=1S/C14H21NO4S/c1-4-10(3)13(15)14(16)19-20(17,18)12-8-6-11(5-2)7-9-12/h6-10,13H,4-5,15H2,1-3H3/t10-,13-/m0/s1. The largest absolute Gasteiger partial charge is 0.341 e. The molecule has 112 valence electrons. The van der Waals surface area contributed by atoms with E-state index in [2.05, 4.69) is 4.18 Å². The third-order valence-electron chi connectivity index (χ3n) is 3.34. The first-order valence-electron chi connectivity index (χ1n) is 6.64. The maximum absolute atomic E-state index is 12.0. The summed E-state index contributed by atoms with van der Waals surface area (Å²) in [6.45, 7) is 5.61. The third kappa shape index (κ3) is 4.05. The highest BCUT2D eigenvalue weighted by atomic mass is 32.2. The maximum Gasteiger partial charge on any atom is 0.341 e. The molecule has 1 rings (SSSR count). The average Bonchev–Trinajstić information content (AvgIpc) is 2.45. The summed E-state index contributed by atoms with van der Waals surface area (Å²) in [7, 11) is -4.10. The van der Waals surface area contributed by atoms with Gasteiger partial charge in [0, 0.05) is 0 Å². The highest BCUT2D eigenvalue weighted by molar-refractivity contribution is 7.87. The Morgan fingerprint density at radius 2 is 1.80 bits per heavy atom. The molecule has 0 spiro atoms. The van der Waals surface area contributed by atoms with E-state index in [9.17, 15) is 13.2 Å². The van der Waals surface area contributed by atoms with Crippen LogP contribution in [0.4, 0.5) is 0 Å². The molecule has 20 heavy (non-hydrogen) atoms. The summed E-state index contributed by atoms with van der Waals surface area (Å²) >= 11 is 0. The van der Waals surface area contributed by atoms with E-state index in [-0.39, 0.29) is 10.8 Å². The molecule has 0 heterocycles. The molecule has 5 nitrogen and oxygen atoms in total. The first-order chi connectivity index (χ1) is 9.31. The smallest absolute Gasteiger partial charge is 0.341 e. The molecule has 0 saturated carbocycles. The number of hydrogen-bond acceptors (Lipinski definition) is 5. The lowest BCUT2D eigenvalue weighted by Gasteiger charge is -2.16. The third-order valence-corrected chi connectivity index (χ3v) is 4.57. The Bertz CT molecular complexity index is 551. The summed E-state index contributed by atoms with van der Waals surface area (Å²) in [5.74, 6) is -1.06. The highest BCUT2D eigenvalue weighted by Crippen LogP contribution is 2.16. The van der Waals surface area contributed by atoms with Crippen LogP contribution in [-0.2, 0) is 25.5 Å². The highest BCUT2D eigenvalue weighted by Gasteiger charge is 2.27. The lowest BCUT2D eigenvalue weighted by atomic mass is 10.0. The molecule has 1 aromatic rings. The predicted octanol–water partition coefficient (Wildman–Crippen LogP) is 1.85. The first kappa shape index (κ1) is 16.7. The Balaban J connectivity index is 2.86. The quantitative estimate of drug-likeness (QED) is 0.810. The molecule has 2 atom stereocenters. The number of aryl methyl sites for hydroxylation is 1. The molecule has 2 N–H and O–H groups in total. The van der Waals surface area contributed by atoms with Crippen LogP contribution in [0.5, 0.6) is 0 Å². The second-order valence-electron chi connectivity index (χ2n) is 4.77. The molecule has 0 bridgehead atoms. The van der Waals surface area contributed by atoms with Gasteiger partial charge in [0.1, 0.15) is 10.9 Å². The van der Waals surface area contributed by atoms with Gasteiger partial charge in [-0.05, 0) is 30.0 Å². The van der Waals surface area contributed by atoms with E-state index < -0.39 is 22.1 Å². The fraction of sp³-hybridized carbons (Fsp3) is 0.500. The lowest BCUT2D eigenvalue weighted by Crippen LogP contribution is -2.39. The summed E-state index contributed by atoms with van der Waals surface area (Å²) in [4.78, 5) is 11.7. The van der Waals surface area contributed by atoms with Crippen molar-refractivity contribution in [3.8, 4) is 0 Å². The van der Waals surface area contributed by atoms with Crippen molar-refractivity contribution in [2.24, 2.45) is 11.7 Å². The van der Waals surface area contributed by atoms with Gasteiger partial charge in [0.15, 0.2) is 0 Å². The number of carbonyl (C=O) groups is 1. The Hall–Kier alpha value is -1.40. The van der Waals surface area contributed by atoms with Gasteiger partial charge in [0.05, 0.1) is 0 Å². The number of carbonyl (C=O) groups excluding carboxylic acids is 1. The second kappa shape index (κ2) is 6.85. The number of rotatable bonds is 6. The van der Waals surface area contributed by atoms with Gasteiger partial charge in [0.2, 0.25) is 0 Å². The van der Waals surface area contributed by atoms with E-state index in [1.54, 1.807) is 19.1 Å². The summed E-state index contributed by atoms with van der Waals surface area (Å²) in [6, 6.07) is 5.29. The van der Waals surface area contributed by atoms with E-state index in [0.717, 1.165) is 12.0 Å². The zero-order valence-corrected chi connectivity index (χ0v) is 12.8. The monoisotopic (exact) mass is 299 g/mol. The molecular formula is C14H21NO4S. The summed E-state index contributed by atoms with van der Waals surface area (Å²) < 4.78 is 28.5. The molecule has 0 saturated heterocycles. The van der Waals surface area contributed by atoms with Crippen molar-refractivity contribution in [2.45, 2.75) is 44.6 Å². The van der Waals surface area contributed by atoms with Crippen molar-refractivity contribution in [1.82, 2.24) is 0 Å². The molecule has 0 radical (unpaired) electrons. The van der Waals surface area contributed by atoms with Crippen LogP contribution in [0.25, 0.3) is 0 Å². The van der Waals surface area contributed by atoms with Crippen LogP contribution in [0.1, 0.15) is 32.8 Å². The molecule has 0 aliphatic carbocycles. The predicted molar refractivity (Wildman–Crippen MR) is 76.5 cm³/mol. The van der Waals surface area contributed by atoms with E-state index in [1.807, 2.05) is 13.8 Å². The summed E-state index contributed by atoms with van der Waals surface area (Å²) in [5, 5.41) is 0. The van der Waals surface area contributed by atoms with Gasteiger partial charge in [-0.1, -0.05) is 39.3 Å². The van der Waals surface area contributed by atoms with Gasteiger partial charge in [-0.3, -0.25) is 0 Å². The van der Waals surface area contributed by atoms with Crippen LogP contribution in [0.15, 0.2) is 29.2 Å². The molecular weight excluding hydrogens is 278 g/mol. The molecule has 0 aliphatic rings. The minimum Gasteiger partial charge on any atom is -0.341 e. The molecule has 0 unspecified atom stereocenters. The molecule has 0 fully saturated rings. The molecule has 0 amide bonds. The van der Waals surface area contributed by atoms with Crippen molar-refractivity contribution in [2.75, 3.05) is 0 Å². The zero-order valence-electron chi connectivity index (χ0n) is 12.0. The van der Waals surface area contributed by atoms with Crippen LogP contribution in [-0.4, -0.2) is 20.4 Å². The SMILES string of the molecule is CCc1ccc(S(=O)(=O)OC(=O)[C@@H](N)[C@@H](C)CC)cc1. The van der Waals surface area contributed by atoms with Crippen molar-refractivity contribution in [3.05, 3.63) is 29.8 Å². The minimum absolute atomic E-state index is 0.0422. The Labute approximate surface area is 120 Å². The molecule has 0 aromatic heterocycles. The topological polar surface area (TPSA) is 86.5 Å². The van der Waals surface area contributed by atoms with Crippen LogP contribution in [0.2, 0.25) is 0 Å². The van der Waals surface area contributed by atoms with Gasteiger partial charge in [0.25, 0.3) is 0 Å². The van der Waals surface area contributed by atoms with Gasteiger partial charge in [-0.15, -0.1) is 0 Å². The van der Waals surface area contributed by atoms with E-state index in [0.29, 0.717) is 6.42 Å². The van der Waals surface area contributed by atoms with Crippen LogP contribution >= 0.6 is 0 Å². The molecule has 1 aromatic carbocycles. The maximum atomic E-state index is 12.0. The van der Waals surface area contributed by atoms with E-state index in [1.165, 1.54) is 12.1 Å². The van der Waals surface area contributed by atoms with Crippen molar-refractivity contribution in [1.29, 1.82) is 0 Å². The molecule has 6 heteroatoms. The number of hydrogen-bond donors (Lipinski definition) is 1. The van der Waals surface area contributed by atoms with Gasteiger partial charge in [-0.25, -0.2) is 4.79 Å². The summed E-state index contributed by atoms with van der Waals surface area (Å²) in [5.41, 5.74) is 6.67. The van der Waals surface area contributed by atoms with Crippen LogP contribution in [0, 0.1) is 5.92 Å². The molecule has 0 aliphatic heterocycles. The van der Waals surface area contributed by atoms with E-state index in [4.69, 9.17) is 5.73 Å². The van der Waals surface area contributed by atoms with Crippen LogP contribution in [0.3, 0.4) is 0 Å². The van der Waals surface area contributed by atoms with Crippen molar-refractivity contribution >= 4 is 16.1 Å². The Morgan fingerprint density at radius 3 is 2.25 bits per heavy atom. The Morgan fingerprint density at radius 1 is 1.25 bits per heavy atom. The van der Waals surface area contributed by atoms with Crippen molar-refractivity contribution in [3.63, 3.8) is 0 Å². The number of nitrogens with two attached hydrogens (primary N) is 1.